The number of nitrogens with two attached hydrogens (primary N) is 1. The molecule has 0 aliphatic rings. The van der Waals surface area contributed by atoms with Gasteiger partial charge in [0, 0.05) is 22.3 Å². The molecule has 0 spiro atoms. The molecule has 0 unspecified atom stereocenters. The molecule has 0 atom stereocenters. The maximum absolute atomic E-state index is 12.8. The van der Waals surface area contributed by atoms with Crippen LogP contribution in [0.5, 0.6) is 0 Å². The van der Waals surface area contributed by atoms with Crippen molar-refractivity contribution in [1.29, 1.82) is 0 Å². The number of pyridine rings is 1. The summed E-state index contributed by atoms with van der Waals surface area (Å²) < 4.78 is 1.72. The van der Waals surface area contributed by atoms with Gasteiger partial charge < -0.3 is 11.1 Å². The normalized spacial score (nSPS) is 10.8. The fourth-order valence-corrected chi connectivity index (χ4v) is 4.58. The highest BCUT2D eigenvalue weighted by Crippen LogP contribution is 2.39. The van der Waals surface area contributed by atoms with Gasteiger partial charge in [0.2, 0.25) is 0 Å². The van der Waals surface area contributed by atoms with E-state index >= 15 is 0 Å². The van der Waals surface area contributed by atoms with E-state index in [0.29, 0.717) is 21.9 Å². The second kappa shape index (κ2) is 8.16. The smallest absolute Gasteiger partial charge is 0.257 e. The lowest BCUT2D eigenvalue weighted by Crippen LogP contribution is -2.17. The Labute approximate surface area is 183 Å². The summed E-state index contributed by atoms with van der Waals surface area (Å²) >= 11 is 1.32. The van der Waals surface area contributed by atoms with Crippen LogP contribution in [0.1, 0.15) is 37.0 Å². The third kappa shape index (κ3) is 3.97. The van der Waals surface area contributed by atoms with Gasteiger partial charge in [-0.1, -0.05) is 30.3 Å². The first-order valence-corrected chi connectivity index (χ1v) is 10.5. The van der Waals surface area contributed by atoms with Gasteiger partial charge in [0.25, 0.3) is 11.8 Å². The van der Waals surface area contributed by atoms with Gasteiger partial charge in [-0.15, -0.1) is 11.3 Å². The predicted molar refractivity (Wildman–Crippen MR) is 122 cm³/mol. The molecule has 31 heavy (non-hydrogen) atoms. The summed E-state index contributed by atoms with van der Waals surface area (Å²) in [6.07, 6.45) is 1.49. The molecule has 4 rings (SSSR count). The number of hydrogen-bond donors (Lipinski definition) is 2. The minimum atomic E-state index is -0.587. The number of anilines is 1. The first-order valence-electron chi connectivity index (χ1n) is 9.65. The van der Waals surface area contributed by atoms with Crippen molar-refractivity contribution < 1.29 is 9.59 Å². The molecule has 0 aliphatic heterocycles. The number of primary amides is 1. The van der Waals surface area contributed by atoms with Crippen molar-refractivity contribution in [2.45, 2.75) is 20.8 Å². The van der Waals surface area contributed by atoms with Crippen LogP contribution in [0.3, 0.4) is 0 Å². The molecule has 0 bridgehead atoms. The lowest BCUT2D eigenvalue weighted by molar-refractivity contribution is 0.100. The van der Waals surface area contributed by atoms with Gasteiger partial charge in [-0.25, -0.2) is 9.67 Å². The summed E-state index contributed by atoms with van der Waals surface area (Å²) in [5, 5.41) is 7.66. The number of nitrogens with zero attached hydrogens (tertiary/aromatic N) is 3. The number of aryl methyl sites for hydroxylation is 3. The van der Waals surface area contributed by atoms with Crippen LogP contribution in [0.25, 0.3) is 16.9 Å². The van der Waals surface area contributed by atoms with E-state index < -0.39 is 5.91 Å². The molecule has 8 heteroatoms. The number of benzene rings is 1. The van der Waals surface area contributed by atoms with E-state index in [1.807, 2.05) is 57.2 Å². The van der Waals surface area contributed by atoms with E-state index in [2.05, 4.69) is 15.4 Å². The zero-order valence-corrected chi connectivity index (χ0v) is 18.2. The van der Waals surface area contributed by atoms with Crippen LogP contribution in [0.15, 0.2) is 54.7 Å². The molecule has 0 saturated carbocycles. The van der Waals surface area contributed by atoms with E-state index in [0.717, 1.165) is 27.4 Å². The van der Waals surface area contributed by atoms with Crippen LogP contribution in [-0.2, 0) is 0 Å². The lowest BCUT2D eigenvalue weighted by atomic mass is 10.0. The van der Waals surface area contributed by atoms with Crippen molar-refractivity contribution in [2.75, 3.05) is 5.32 Å². The molecule has 0 aliphatic carbocycles. The number of rotatable bonds is 5. The number of carbonyl (C=O) groups is 2. The predicted octanol–water partition coefficient (Wildman–Crippen LogP) is 4.27. The van der Waals surface area contributed by atoms with Crippen LogP contribution in [0.2, 0.25) is 0 Å². The highest BCUT2D eigenvalue weighted by molar-refractivity contribution is 7.17. The minimum Gasteiger partial charge on any atom is -0.365 e. The maximum atomic E-state index is 12.8. The molecule has 7 nitrogen and oxygen atoms in total. The summed E-state index contributed by atoms with van der Waals surface area (Å²) in [6, 6.07) is 14.9. The molecular weight excluding hydrogens is 410 g/mol. The number of amides is 2. The van der Waals surface area contributed by atoms with Gasteiger partial charge >= 0.3 is 0 Å². The molecule has 0 saturated heterocycles. The first-order chi connectivity index (χ1) is 14.8. The molecule has 3 aromatic heterocycles. The molecular formula is C23H21N5O2S. The van der Waals surface area contributed by atoms with Crippen molar-refractivity contribution in [1.82, 2.24) is 14.8 Å². The van der Waals surface area contributed by atoms with Gasteiger partial charge in [-0.3, -0.25) is 9.59 Å². The van der Waals surface area contributed by atoms with E-state index in [1.165, 1.54) is 17.5 Å². The number of aromatic nitrogens is 3. The van der Waals surface area contributed by atoms with Gasteiger partial charge in [-0.2, -0.15) is 5.10 Å². The third-order valence-corrected chi connectivity index (χ3v) is 5.88. The number of carbonyl (C=O) groups excluding carboxylic acids is 2. The average molecular weight is 432 g/mol. The van der Waals surface area contributed by atoms with Gasteiger partial charge in [0.05, 0.1) is 16.8 Å². The van der Waals surface area contributed by atoms with Crippen LogP contribution in [0.4, 0.5) is 5.00 Å². The molecule has 156 valence electrons. The average Bonchev–Trinajstić information content (AvgIpc) is 3.26. The molecule has 0 radical (unpaired) electrons. The van der Waals surface area contributed by atoms with E-state index in [-0.39, 0.29) is 5.91 Å². The van der Waals surface area contributed by atoms with Gasteiger partial charge in [0.1, 0.15) is 5.00 Å². The largest absolute Gasteiger partial charge is 0.365 e. The standard InChI is InChI=1S/C23H21N5O2S/c1-13-11-14(2)28(27-13)18-10-9-17(12-25-18)22(30)26-23-20(21(24)29)19(15(3)31-23)16-7-5-4-6-8-16/h4-12H,1-3H3,(H2,24,29)(H,26,30). The zero-order valence-electron chi connectivity index (χ0n) is 17.3. The monoisotopic (exact) mass is 431 g/mol. The highest BCUT2D eigenvalue weighted by Gasteiger charge is 2.23. The van der Waals surface area contributed by atoms with Crippen molar-refractivity contribution in [3.8, 4) is 16.9 Å². The number of hydrogen-bond acceptors (Lipinski definition) is 5. The van der Waals surface area contributed by atoms with Crippen molar-refractivity contribution in [3.05, 3.63) is 82.1 Å². The van der Waals surface area contributed by atoms with Gasteiger partial charge in [0.15, 0.2) is 5.82 Å². The Bertz CT molecular complexity index is 1270. The molecule has 3 heterocycles. The first kappa shape index (κ1) is 20.5. The van der Waals surface area contributed by atoms with E-state index in [9.17, 15) is 9.59 Å². The van der Waals surface area contributed by atoms with Crippen molar-refractivity contribution >= 4 is 28.2 Å². The summed E-state index contributed by atoms with van der Waals surface area (Å²) in [7, 11) is 0. The maximum Gasteiger partial charge on any atom is 0.257 e. The van der Waals surface area contributed by atoms with Crippen LogP contribution < -0.4 is 11.1 Å². The lowest BCUT2D eigenvalue weighted by Gasteiger charge is -2.08. The second-order valence-electron chi connectivity index (χ2n) is 7.17. The number of thiophene rings is 1. The van der Waals surface area contributed by atoms with Gasteiger partial charge in [-0.05, 0) is 44.5 Å². The molecule has 1 aromatic carbocycles. The highest BCUT2D eigenvalue weighted by atomic mass is 32.1. The Morgan fingerprint density at radius 2 is 1.81 bits per heavy atom. The Morgan fingerprint density at radius 3 is 2.39 bits per heavy atom. The molecule has 0 fully saturated rings. The quantitative estimate of drug-likeness (QED) is 0.492. The van der Waals surface area contributed by atoms with E-state index in [4.69, 9.17) is 5.73 Å². The van der Waals surface area contributed by atoms with Crippen molar-refractivity contribution in [3.63, 3.8) is 0 Å². The Kier molecular flexibility index (Phi) is 5.39. The Balaban J connectivity index is 1.63. The summed E-state index contributed by atoms with van der Waals surface area (Å²) in [4.78, 5) is 30.3. The molecule has 4 aromatic rings. The fraction of sp³-hybridized carbons (Fsp3) is 0.130. The fourth-order valence-electron chi connectivity index (χ4n) is 3.50. The summed E-state index contributed by atoms with van der Waals surface area (Å²) in [6.45, 7) is 5.76. The Morgan fingerprint density at radius 1 is 1.06 bits per heavy atom. The molecule has 2 amide bonds. The summed E-state index contributed by atoms with van der Waals surface area (Å²) in [5.41, 5.74) is 9.82. The SMILES string of the molecule is Cc1cc(C)n(-c2ccc(C(=O)Nc3sc(C)c(-c4ccccc4)c3C(N)=O)cn2)n1. The Hall–Kier alpha value is -3.78. The van der Waals surface area contributed by atoms with E-state index in [1.54, 1.807) is 16.8 Å². The van der Waals surface area contributed by atoms with Crippen LogP contribution in [0, 0.1) is 20.8 Å². The number of nitrogens with one attached hydrogen (secondary N) is 1. The zero-order chi connectivity index (χ0) is 22.1. The summed E-state index contributed by atoms with van der Waals surface area (Å²) in [5.74, 6) is -0.328. The van der Waals surface area contributed by atoms with Crippen LogP contribution in [-0.4, -0.2) is 26.6 Å². The topological polar surface area (TPSA) is 103 Å². The minimum absolute atomic E-state index is 0.314. The van der Waals surface area contributed by atoms with Crippen molar-refractivity contribution in [2.24, 2.45) is 5.73 Å². The second-order valence-corrected chi connectivity index (χ2v) is 8.39. The third-order valence-electron chi connectivity index (χ3n) is 4.86. The van der Waals surface area contributed by atoms with Crippen LogP contribution >= 0.6 is 11.3 Å². The molecule has 3 N–H and O–H groups in total.